The highest BCUT2D eigenvalue weighted by Gasteiger charge is 2.21. The first-order valence-electron chi connectivity index (χ1n) is 9.97. The summed E-state index contributed by atoms with van der Waals surface area (Å²) in [6, 6.07) is 2.66. The number of rotatable bonds is 11. The number of aryl methyl sites for hydroxylation is 1. The molecule has 14 heteroatoms. The van der Waals surface area contributed by atoms with E-state index in [0.717, 1.165) is 4.57 Å². The van der Waals surface area contributed by atoms with Gasteiger partial charge < -0.3 is 18.8 Å². The molecule has 14 nitrogen and oxygen atoms in total. The maximum atomic E-state index is 12.8. The normalized spacial score (nSPS) is 12.7. The van der Waals surface area contributed by atoms with Crippen molar-refractivity contribution in [1.82, 2.24) is 18.7 Å². The highest BCUT2D eigenvalue weighted by atomic mass is 16.6. The lowest BCUT2D eigenvalue weighted by molar-refractivity contribution is -0.402. The zero-order valence-electron chi connectivity index (χ0n) is 18.4. The molecule has 3 heterocycles. The first-order valence-corrected chi connectivity index (χ1v) is 9.97. The van der Waals surface area contributed by atoms with Crippen LogP contribution in [-0.2, 0) is 25.4 Å². The minimum atomic E-state index is -0.988. The monoisotopic (exact) mass is 473 g/mol. The Labute approximate surface area is 191 Å². The number of hydrazone groups is 1. The summed E-state index contributed by atoms with van der Waals surface area (Å²) in [6.07, 6.45) is 4.81. The number of imidazole rings is 1. The van der Waals surface area contributed by atoms with Crippen molar-refractivity contribution in [3.8, 4) is 0 Å². The van der Waals surface area contributed by atoms with Gasteiger partial charge in [0.2, 0.25) is 5.95 Å². The summed E-state index contributed by atoms with van der Waals surface area (Å²) in [5, 5.41) is 25.0. The Kier molecular flexibility index (Phi) is 7.55. The standard InChI is InChI=1S/C20H23N7O7/c1-4-10-33-12-13(28)11-26-16-17(24(2)20(30)25(3)18(16)29)22-19(26)23-21-9-5-6-14-7-8-15(34-14)27(31)32/h4-9,13,28H,1,10-12H2,2-3H3,(H,22,23)/b6-5+,21-9+. The van der Waals surface area contributed by atoms with Crippen LogP contribution >= 0.6 is 0 Å². The van der Waals surface area contributed by atoms with Crippen molar-refractivity contribution >= 4 is 35.3 Å². The second-order valence-corrected chi connectivity index (χ2v) is 7.09. The summed E-state index contributed by atoms with van der Waals surface area (Å²) in [4.78, 5) is 39.4. The Bertz CT molecular complexity index is 1380. The number of furan rings is 1. The molecule has 0 saturated carbocycles. The molecule has 0 aromatic carbocycles. The predicted octanol–water partition coefficient (Wildman–Crippen LogP) is 0.609. The average molecular weight is 473 g/mol. The lowest BCUT2D eigenvalue weighted by atomic mass is 10.3. The molecule has 0 aliphatic rings. The third-order valence-electron chi connectivity index (χ3n) is 4.67. The first kappa shape index (κ1) is 24.3. The van der Waals surface area contributed by atoms with Crippen molar-refractivity contribution < 1.29 is 19.2 Å². The van der Waals surface area contributed by atoms with E-state index < -0.39 is 22.3 Å². The van der Waals surface area contributed by atoms with E-state index in [1.165, 1.54) is 53.7 Å². The highest BCUT2D eigenvalue weighted by molar-refractivity contribution is 5.79. The molecule has 2 N–H and O–H groups in total. The SMILES string of the molecule is C=CCOCC(O)Cn1c(N/N=C/C=C/c2ccc([N+](=O)[O-])o2)nc2c1c(=O)n(C)c(=O)n2C. The van der Waals surface area contributed by atoms with Crippen molar-refractivity contribution in [2.45, 2.75) is 12.6 Å². The number of aliphatic hydroxyl groups is 1. The first-order chi connectivity index (χ1) is 16.2. The van der Waals surface area contributed by atoms with Crippen LogP contribution in [0, 0.1) is 10.1 Å². The number of nitrogens with zero attached hydrogens (tertiary/aromatic N) is 6. The fraction of sp³-hybridized carbons (Fsp3) is 0.300. The van der Waals surface area contributed by atoms with Crippen LogP contribution in [0.25, 0.3) is 17.2 Å². The third-order valence-corrected chi connectivity index (χ3v) is 4.67. The number of allylic oxidation sites excluding steroid dienone is 1. The fourth-order valence-corrected chi connectivity index (χ4v) is 3.07. The van der Waals surface area contributed by atoms with Crippen molar-refractivity contribution in [2.75, 3.05) is 18.6 Å². The molecular weight excluding hydrogens is 450 g/mol. The molecule has 0 bridgehead atoms. The van der Waals surface area contributed by atoms with Crippen LogP contribution in [-0.4, -0.2) is 54.2 Å². The van der Waals surface area contributed by atoms with E-state index in [1.54, 1.807) is 6.08 Å². The van der Waals surface area contributed by atoms with Crippen molar-refractivity contribution in [2.24, 2.45) is 19.2 Å². The van der Waals surface area contributed by atoms with Gasteiger partial charge in [-0.25, -0.2) is 10.2 Å². The number of anilines is 1. The third kappa shape index (κ3) is 5.19. The molecule has 0 fully saturated rings. The molecule has 1 atom stereocenters. The number of nitrogens with one attached hydrogen (secondary N) is 1. The number of hydrogen-bond acceptors (Lipinski definition) is 10. The van der Waals surface area contributed by atoms with Gasteiger partial charge in [0.15, 0.2) is 11.2 Å². The topological polar surface area (TPSA) is 172 Å². The van der Waals surface area contributed by atoms with Crippen LogP contribution < -0.4 is 16.7 Å². The number of nitro groups is 1. The smallest absolute Gasteiger partial charge is 0.401 e. The number of fused-ring (bicyclic) bond motifs is 1. The Hall–Kier alpha value is -4.30. The summed E-state index contributed by atoms with van der Waals surface area (Å²) in [5.74, 6) is -0.0212. The Morgan fingerprint density at radius 3 is 2.82 bits per heavy atom. The van der Waals surface area contributed by atoms with E-state index in [0.29, 0.717) is 0 Å². The molecule has 3 rings (SSSR count). The van der Waals surface area contributed by atoms with Crippen molar-refractivity contribution in [3.05, 3.63) is 67.6 Å². The van der Waals surface area contributed by atoms with E-state index in [-0.39, 0.29) is 48.5 Å². The zero-order valence-corrected chi connectivity index (χ0v) is 18.4. The Morgan fingerprint density at radius 2 is 2.15 bits per heavy atom. The summed E-state index contributed by atoms with van der Waals surface area (Å²) in [7, 11) is 2.82. The van der Waals surface area contributed by atoms with Crippen LogP contribution in [0.5, 0.6) is 0 Å². The number of aliphatic hydroxyl groups excluding tert-OH is 1. The summed E-state index contributed by atoms with van der Waals surface area (Å²) < 4.78 is 13.8. The van der Waals surface area contributed by atoms with E-state index in [4.69, 9.17) is 9.15 Å². The molecule has 3 aromatic heterocycles. The molecule has 0 spiro atoms. The molecular formula is C20H23N7O7. The van der Waals surface area contributed by atoms with Gasteiger partial charge in [-0.05, 0) is 18.2 Å². The molecule has 0 amide bonds. The molecule has 0 aliphatic carbocycles. The summed E-state index contributed by atoms with van der Waals surface area (Å²) in [6.45, 7) is 3.71. The van der Waals surface area contributed by atoms with Crippen LogP contribution in [0.15, 0.2) is 50.0 Å². The zero-order chi connectivity index (χ0) is 24.8. The molecule has 0 aliphatic heterocycles. The molecule has 180 valence electrons. The largest absolute Gasteiger partial charge is 0.433 e. The van der Waals surface area contributed by atoms with Crippen LogP contribution in [0.4, 0.5) is 11.8 Å². The van der Waals surface area contributed by atoms with Gasteiger partial charge in [-0.1, -0.05) is 6.08 Å². The van der Waals surface area contributed by atoms with Gasteiger partial charge in [0.05, 0.1) is 31.9 Å². The maximum absolute atomic E-state index is 12.8. The maximum Gasteiger partial charge on any atom is 0.433 e. The molecule has 0 radical (unpaired) electrons. The summed E-state index contributed by atoms with van der Waals surface area (Å²) in [5.41, 5.74) is 1.76. The van der Waals surface area contributed by atoms with Crippen molar-refractivity contribution in [1.29, 1.82) is 0 Å². The van der Waals surface area contributed by atoms with Gasteiger partial charge in [-0.15, -0.1) is 6.58 Å². The molecule has 1 unspecified atom stereocenters. The van der Waals surface area contributed by atoms with Crippen molar-refractivity contribution in [3.63, 3.8) is 0 Å². The second-order valence-electron chi connectivity index (χ2n) is 7.09. The van der Waals surface area contributed by atoms with E-state index in [1.807, 2.05) is 0 Å². The second kappa shape index (κ2) is 10.5. The van der Waals surface area contributed by atoms with E-state index in [9.17, 15) is 24.8 Å². The van der Waals surface area contributed by atoms with Crippen LogP contribution in [0.2, 0.25) is 0 Å². The minimum Gasteiger partial charge on any atom is -0.401 e. The van der Waals surface area contributed by atoms with Gasteiger partial charge in [-0.2, -0.15) is 10.1 Å². The lowest BCUT2D eigenvalue weighted by Gasteiger charge is -2.14. The van der Waals surface area contributed by atoms with E-state index in [2.05, 4.69) is 22.1 Å². The fourth-order valence-electron chi connectivity index (χ4n) is 3.07. The molecule has 3 aromatic rings. The highest BCUT2D eigenvalue weighted by Crippen LogP contribution is 2.17. The molecule has 34 heavy (non-hydrogen) atoms. The Morgan fingerprint density at radius 1 is 1.38 bits per heavy atom. The lowest BCUT2D eigenvalue weighted by Crippen LogP contribution is -2.38. The van der Waals surface area contributed by atoms with Crippen LogP contribution in [0.1, 0.15) is 5.76 Å². The molecule has 0 saturated heterocycles. The number of hydrogen-bond donors (Lipinski definition) is 2. The number of aromatic nitrogens is 4. The average Bonchev–Trinajstić information content (AvgIpc) is 3.42. The van der Waals surface area contributed by atoms with E-state index >= 15 is 0 Å². The van der Waals surface area contributed by atoms with Crippen LogP contribution in [0.3, 0.4) is 0 Å². The predicted molar refractivity (Wildman–Crippen MR) is 124 cm³/mol. The number of ether oxygens (including phenoxy) is 1. The van der Waals surface area contributed by atoms with Gasteiger partial charge in [0.1, 0.15) is 10.7 Å². The van der Waals surface area contributed by atoms with Gasteiger partial charge in [0.25, 0.3) is 5.56 Å². The van der Waals surface area contributed by atoms with Gasteiger partial charge in [-0.3, -0.25) is 24.0 Å². The quantitative estimate of drug-likeness (QED) is 0.133. The summed E-state index contributed by atoms with van der Waals surface area (Å²) >= 11 is 0. The van der Waals surface area contributed by atoms with Gasteiger partial charge in [0, 0.05) is 20.3 Å². The minimum absolute atomic E-state index is 0.0154. The van der Waals surface area contributed by atoms with Gasteiger partial charge >= 0.3 is 11.6 Å². The Balaban J connectivity index is 1.88.